The molecule has 0 aliphatic rings. The van der Waals surface area contributed by atoms with Gasteiger partial charge in [-0.15, -0.1) is 0 Å². The summed E-state index contributed by atoms with van der Waals surface area (Å²) in [6.07, 6.45) is 3.56. The Labute approximate surface area is 186 Å². The zero-order chi connectivity index (χ0) is 21.5. The molecule has 0 spiro atoms. The van der Waals surface area contributed by atoms with Gasteiger partial charge in [-0.3, -0.25) is 9.97 Å². The number of para-hydroxylation sites is 2. The summed E-state index contributed by atoms with van der Waals surface area (Å²) < 4.78 is 0. The van der Waals surface area contributed by atoms with Crippen molar-refractivity contribution in [1.29, 1.82) is 0 Å². The largest absolute Gasteiger partial charge is 0.310 e. The number of rotatable bonds is 3. The molecule has 0 bridgehead atoms. The van der Waals surface area contributed by atoms with Gasteiger partial charge in [-0.2, -0.15) is 0 Å². The maximum atomic E-state index is 4.72. The third-order valence-corrected chi connectivity index (χ3v) is 6.04. The Kier molecular flexibility index (Phi) is 4.32. The van der Waals surface area contributed by atoms with E-state index in [0.29, 0.717) is 0 Å². The van der Waals surface area contributed by atoms with Gasteiger partial charge in [-0.05, 0) is 59.7 Å². The van der Waals surface area contributed by atoms with E-state index in [1.807, 2.05) is 12.1 Å². The maximum Gasteiger partial charge on any atom is 0.0974 e. The van der Waals surface area contributed by atoms with Crippen LogP contribution in [0.3, 0.4) is 0 Å². The summed E-state index contributed by atoms with van der Waals surface area (Å²) in [5, 5.41) is 4.68. The standard InChI is InChI=1S/C29H21N3/c1-20-9-8-14-24-26-19-23(15-16-25(26)28-29(27(20)24)31-18-17-30-28)32(21-10-4-2-5-11-21)22-12-6-3-7-13-22/h2-19H,1H3. The third-order valence-electron chi connectivity index (χ3n) is 6.04. The van der Waals surface area contributed by atoms with Crippen molar-refractivity contribution in [2.45, 2.75) is 6.92 Å². The van der Waals surface area contributed by atoms with E-state index in [1.165, 1.54) is 21.7 Å². The quantitative estimate of drug-likeness (QED) is 0.279. The minimum atomic E-state index is 0.946. The number of aryl methyl sites for hydroxylation is 1. The number of nitrogens with zero attached hydrogens (tertiary/aromatic N) is 3. The van der Waals surface area contributed by atoms with Crippen molar-refractivity contribution >= 4 is 49.6 Å². The summed E-state index contributed by atoms with van der Waals surface area (Å²) in [6.45, 7) is 2.15. The Morgan fingerprint density at radius 1 is 0.531 bits per heavy atom. The van der Waals surface area contributed by atoms with Crippen LogP contribution < -0.4 is 4.90 Å². The number of benzene rings is 5. The Morgan fingerprint density at radius 2 is 1.19 bits per heavy atom. The fourth-order valence-corrected chi connectivity index (χ4v) is 4.63. The number of aromatic nitrogens is 2. The summed E-state index contributed by atoms with van der Waals surface area (Å²) in [6, 6.07) is 34.1. The van der Waals surface area contributed by atoms with E-state index in [4.69, 9.17) is 9.97 Å². The van der Waals surface area contributed by atoms with Crippen molar-refractivity contribution < 1.29 is 0 Å². The molecule has 32 heavy (non-hydrogen) atoms. The molecule has 6 rings (SSSR count). The van der Waals surface area contributed by atoms with E-state index in [9.17, 15) is 0 Å². The van der Waals surface area contributed by atoms with Gasteiger partial charge in [0.2, 0.25) is 0 Å². The van der Waals surface area contributed by atoms with Crippen molar-refractivity contribution in [3.8, 4) is 0 Å². The van der Waals surface area contributed by atoms with Crippen LogP contribution >= 0.6 is 0 Å². The topological polar surface area (TPSA) is 29.0 Å². The minimum absolute atomic E-state index is 0.946. The van der Waals surface area contributed by atoms with Crippen LogP contribution in [0.1, 0.15) is 5.56 Å². The normalized spacial score (nSPS) is 11.3. The second kappa shape index (κ2) is 7.47. The fraction of sp³-hybridized carbons (Fsp3) is 0.0345. The molecular formula is C29H21N3. The summed E-state index contributed by atoms with van der Waals surface area (Å²) in [7, 11) is 0. The zero-order valence-electron chi connectivity index (χ0n) is 17.7. The molecule has 1 heterocycles. The fourth-order valence-electron chi connectivity index (χ4n) is 4.63. The smallest absolute Gasteiger partial charge is 0.0974 e. The van der Waals surface area contributed by atoms with Crippen LogP contribution in [0, 0.1) is 6.92 Å². The van der Waals surface area contributed by atoms with Crippen LogP contribution in [0.4, 0.5) is 17.1 Å². The first-order valence-electron chi connectivity index (χ1n) is 10.8. The van der Waals surface area contributed by atoms with Crippen molar-refractivity contribution in [3.63, 3.8) is 0 Å². The van der Waals surface area contributed by atoms with Gasteiger partial charge < -0.3 is 4.90 Å². The Morgan fingerprint density at radius 3 is 1.88 bits per heavy atom. The lowest BCUT2D eigenvalue weighted by atomic mass is 9.96. The lowest BCUT2D eigenvalue weighted by molar-refractivity contribution is 1.29. The molecule has 5 aromatic carbocycles. The SMILES string of the molecule is Cc1cccc2c3cc(N(c4ccccc4)c4ccccc4)ccc3c3nccnc3c12. The van der Waals surface area contributed by atoms with Crippen LogP contribution in [0.2, 0.25) is 0 Å². The highest BCUT2D eigenvalue weighted by atomic mass is 15.1. The predicted molar refractivity (Wildman–Crippen MR) is 134 cm³/mol. The molecule has 0 radical (unpaired) electrons. The summed E-state index contributed by atoms with van der Waals surface area (Å²) >= 11 is 0. The maximum absolute atomic E-state index is 4.72. The van der Waals surface area contributed by atoms with Gasteiger partial charge >= 0.3 is 0 Å². The van der Waals surface area contributed by atoms with Gasteiger partial charge in [0.15, 0.2) is 0 Å². The Hall–Kier alpha value is -4.24. The average Bonchev–Trinajstić information content (AvgIpc) is 2.86. The molecule has 0 unspecified atom stereocenters. The van der Waals surface area contributed by atoms with Gasteiger partial charge in [0.25, 0.3) is 0 Å². The highest BCUT2D eigenvalue weighted by molar-refractivity contribution is 6.24. The molecule has 0 aliphatic carbocycles. The molecule has 0 fully saturated rings. The highest BCUT2D eigenvalue weighted by Gasteiger charge is 2.16. The van der Waals surface area contributed by atoms with E-state index in [-0.39, 0.29) is 0 Å². The lowest BCUT2D eigenvalue weighted by Crippen LogP contribution is -2.09. The van der Waals surface area contributed by atoms with Crippen LogP contribution in [-0.2, 0) is 0 Å². The van der Waals surface area contributed by atoms with Crippen molar-refractivity contribution in [3.05, 3.63) is 115 Å². The molecule has 3 heteroatoms. The zero-order valence-corrected chi connectivity index (χ0v) is 17.7. The first-order valence-corrected chi connectivity index (χ1v) is 10.8. The van der Waals surface area contributed by atoms with Crippen molar-refractivity contribution in [2.75, 3.05) is 4.90 Å². The van der Waals surface area contributed by atoms with Crippen molar-refractivity contribution in [1.82, 2.24) is 9.97 Å². The summed E-state index contributed by atoms with van der Waals surface area (Å²) in [5.74, 6) is 0. The molecule has 0 amide bonds. The summed E-state index contributed by atoms with van der Waals surface area (Å²) in [4.78, 5) is 11.7. The molecule has 0 saturated carbocycles. The van der Waals surface area contributed by atoms with Gasteiger partial charge in [0.05, 0.1) is 11.0 Å². The molecule has 0 saturated heterocycles. The second-order valence-corrected chi connectivity index (χ2v) is 7.99. The van der Waals surface area contributed by atoms with Crippen LogP contribution in [-0.4, -0.2) is 9.97 Å². The number of hydrogen-bond donors (Lipinski definition) is 0. The minimum Gasteiger partial charge on any atom is -0.310 e. The first-order chi connectivity index (χ1) is 15.8. The Bertz CT molecular complexity index is 1540. The summed E-state index contributed by atoms with van der Waals surface area (Å²) in [5.41, 5.74) is 6.48. The molecule has 0 atom stereocenters. The van der Waals surface area contributed by atoms with E-state index in [1.54, 1.807) is 12.4 Å². The van der Waals surface area contributed by atoms with E-state index < -0.39 is 0 Å². The number of anilines is 3. The third kappa shape index (κ3) is 2.90. The van der Waals surface area contributed by atoms with Gasteiger partial charge in [0, 0.05) is 40.2 Å². The van der Waals surface area contributed by atoms with E-state index in [0.717, 1.165) is 33.5 Å². The second-order valence-electron chi connectivity index (χ2n) is 7.99. The van der Waals surface area contributed by atoms with Gasteiger partial charge in [0.1, 0.15) is 0 Å². The number of hydrogen-bond acceptors (Lipinski definition) is 3. The molecular weight excluding hydrogens is 390 g/mol. The van der Waals surface area contributed by atoms with Crippen LogP contribution in [0.25, 0.3) is 32.6 Å². The van der Waals surface area contributed by atoms with Crippen LogP contribution in [0.5, 0.6) is 0 Å². The highest BCUT2D eigenvalue weighted by Crippen LogP contribution is 2.40. The van der Waals surface area contributed by atoms with E-state index >= 15 is 0 Å². The monoisotopic (exact) mass is 411 g/mol. The van der Waals surface area contributed by atoms with E-state index in [2.05, 4.69) is 96.8 Å². The van der Waals surface area contributed by atoms with Crippen LogP contribution in [0.15, 0.2) is 109 Å². The molecule has 0 aliphatic heterocycles. The molecule has 3 nitrogen and oxygen atoms in total. The molecule has 0 N–H and O–H groups in total. The van der Waals surface area contributed by atoms with Gasteiger partial charge in [-0.1, -0.05) is 60.7 Å². The van der Waals surface area contributed by atoms with Gasteiger partial charge in [-0.25, -0.2) is 0 Å². The number of fused-ring (bicyclic) bond motifs is 6. The lowest BCUT2D eigenvalue weighted by Gasteiger charge is -2.26. The molecule has 6 aromatic rings. The first kappa shape index (κ1) is 18.5. The average molecular weight is 412 g/mol. The molecule has 152 valence electrons. The Balaban J connectivity index is 1.70. The molecule has 1 aromatic heterocycles. The predicted octanol–water partition coefficient (Wildman–Crippen LogP) is 7.71. The van der Waals surface area contributed by atoms with Crippen molar-refractivity contribution in [2.24, 2.45) is 0 Å².